The summed E-state index contributed by atoms with van der Waals surface area (Å²) in [6.45, 7) is 10.0. The van der Waals surface area contributed by atoms with E-state index in [-0.39, 0.29) is 17.5 Å². The van der Waals surface area contributed by atoms with Gasteiger partial charge in [0.15, 0.2) is 0 Å². The second-order valence-electron chi connectivity index (χ2n) is 6.04. The van der Waals surface area contributed by atoms with Gasteiger partial charge in [-0.25, -0.2) is 0 Å². The topological polar surface area (TPSA) is 44.4 Å². The Morgan fingerprint density at radius 3 is 2.59 bits per heavy atom. The maximum atomic E-state index is 12.1. The lowest BCUT2D eigenvalue weighted by Crippen LogP contribution is -2.55. The van der Waals surface area contributed by atoms with Crippen LogP contribution in [0.25, 0.3) is 0 Å². The summed E-state index contributed by atoms with van der Waals surface area (Å²) in [5.41, 5.74) is -0.149. The van der Waals surface area contributed by atoms with Crippen LogP contribution in [0.4, 0.5) is 0 Å². The number of hydrogen-bond donors (Lipinski definition) is 2. The molecule has 1 saturated heterocycles. The van der Waals surface area contributed by atoms with E-state index < -0.39 is 0 Å². The Morgan fingerprint density at radius 1 is 1.41 bits per heavy atom. The van der Waals surface area contributed by atoms with Crippen LogP contribution in [0.3, 0.4) is 0 Å². The van der Waals surface area contributed by atoms with E-state index in [0.717, 1.165) is 13.1 Å². The lowest BCUT2D eigenvalue weighted by molar-refractivity contribution is -0.127. The largest absolute Gasteiger partial charge is 0.350 e. The van der Waals surface area contributed by atoms with Gasteiger partial charge in [0.05, 0.1) is 6.04 Å². The van der Waals surface area contributed by atoms with Crippen molar-refractivity contribution in [3.05, 3.63) is 0 Å². The number of nitrogens with one attached hydrogen (secondary N) is 2. The highest BCUT2D eigenvalue weighted by atomic mass is 16.2. The van der Waals surface area contributed by atoms with Crippen molar-refractivity contribution in [3.63, 3.8) is 0 Å². The molecule has 2 atom stereocenters. The number of rotatable bonds is 3. The van der Waals surface area contributed by atoms with Crippen LogP contribution in [-0.2, 0) is 4.79 Å². The fourth-order valence-electron chi connectivity index (χ4n) is 2.23. The number of amides is 1. The first kappa shape index (κ1) is 14.5. The molecule has 100 valence electrons. The quantitative estimate of drug-likeness (QED) is 0.774. The third-order valence-corrected chi connectivity index (χ3v) is 3.29. The second-order valence-corrected chi connectivity index (χ2v) is 6.04. The zero-order valence-corrected chi connectivity index (χ0v) is 11.8. The van der Waals surface area contributed by atoms with Crippen molar-refractivity contribution in [1.29, 1.82) is 0 Å². The first-order valence-corrected chi connectivity index (χ1v) is 6.57. The molecule has 0 aromatic rings. The standard InChI is InChI=1S/C13H27N3O/c1-10(12(17)15-13(2,3)4)16-8-6-7-11(9-16)14-5/h10-11,14H,6-9H2,1-5H3,(H,15,17). The van der Waals surface area contributed by atoms with E-state index in [1.807, 2.05) is 34.7 Å². The molecule has 1 heterocycles. The van der Waals surface area contributed by atoms with E-state index in [4.69, 9.17) is 0 Å². The van der Waals surface area contributed by atoms with Crippen molar-refractivity contribution in [1.82, 2.24) is 15.5 Å². The average Bonchev–Trinajstić information content (AvgIpc) is 2.26. The molecule has 1 fully saturated rings. The van der Waals surface area contributed by atoms with Crippen LogP contribution in [0, 0.1) is 0 Å². The Bertz CT molecular complexity index is 260. The van der Waals surface area contributed by atoms with Crippen molar-refractivity contribution < 1.29 is 4.79 Å². The summed E-state index contributed by atoms with van der Waals surface area (Å²) in [6.07, 6.45) is 2.37. The summed E-state index contributed by atoms with van der Waals surface area (Å²) in [4.78, 5) is 14.3. The van der Waals surface area contributed by atoms with Gasteiger partial charge in [0, 0.05) is 18.1 Å². The normalized spacial score (nSPS) is 24.4. The molecule has 4 nitrogen and oxygen atoms in total. The molecule has 1 rings (SSSR count). The van der Waals surface area contributed by atoms with Crippen LogP contribution in [-0.4, -0.2) is 48.6 Å². The highest BCUT2D eigenvalue weighted by molar-refractivity contribution is 5.81. The summed E-state index contributed by atoms with van der Waals surface area (Å²) in [5.74, 6) is 0.134. The summed E-state index contributed by atoms with van der Waals surface area (Å²) >= 11 is 0. The molecule has 17 heavy (non-hydrogen) atoms. The third kappa shape index (κ3) is 4.64. The van der Waals surface area contributed by atoms with Crippen LogP contribution in [0.2, 0.25) is 0 Å². The fourth-order valence-corrected chi connectivity index (χ4v) is 2.23. The Labute approximate surface area is 105 Å². The number of likely N-dealkylation sites (tertiary alicyclic amines) is 1. The Morgan fingerprint density at radius 2 is 2.06 bits per heavy atom. The van der Waals surface area contributed by atoms with Gasteiger partial charge in [-0.05, 0) is 54.1 Å². The molecule has 0 saturated carbocycles. The summed E-state index contributed by atoms with van der Waals surface area (Å²) in [6, 6.07) is 0.485. The third-order valence-electron chi connectivity index (χ3n) is 3.29. The van der Waals surface area contributed by atoms with E-state index in [2.05, 4.69) is 15.5 Å². The second kappa shape index (κ2) is 5.83. The van der Waals surface area contributed by atoms with Gasteiger partial charge < -0.3 is 10.6 Å². The van der Waals surface area contributed by atoms with Crippen molar-refractivity contribution >= 4 is 5.91 Å². The van der Waals surface area contributed by atoms with E-state index in [1.165, 1.54) is 12.8 Å². The highest BCUT2D eigenvalue weighted by Crippen LogP contribution is 2.13. The summed E-state index contributed by atoms with van der Waals surface area (Å²) in [5, 5.41) is 6.35. The van der Waals surface area contributed by atoms with Gasteiger partial charge in [0.1, 0.15) is 0 Å². The summed E-state index contributed by atoms with van der Waals surface area (Å²) in [7, 11) is 1.99. The van der Waals surface area contributed by atoms with Crippen molar-refractivity contribution in [3.8, 4) is 0 Å². The predicted molar refractivity (Wildman–Crippen MR) is 71.0 cm³/mol. The lowest BCUT2D eigenvalue weighted by atomic mass is 10.0. The minimum Gasteiger partial charge on any atom is -0.350 e. The van der Waals surface area contributed by atoms with Gasteiger partial charge in [0.25, 0.3) is 0 Å². The molecular weight excluding hydrogens is 214 g/mol. The van der Waals surface area contributed by atoms with E-state index in [0.29, 0.717) is 6.04 Å². The van der Waals surface area contributed by atoms with E-state index >= 15 is 0 Å². The van der Waals surface area contributed by atoms with Gasteiger partial charge in [0.2, 0.25) is 5.91 Å². The smallest absolute Gasteiger partial charge is 0.237 e. The molecule has 0 spiro atoms. The van der Waals surface area contributed by atoms with Crippen LogP contribution < -0.4 is 10.6 Å². The molecule has 0 aliphatic carbocycles. The van der Waals surface area contributed by atoms with Gasteiger partial charge in [-0.2, -0.15) is 0 Å². The Kier molecular flexibility index (Phi) is 4.95. The first-order chi connectivity index (χ1) is 7.83. The van der Waals surface area contributed by atoms with Crippen LogP contribution in [0.1, 0.15) is 40.5 Å². The van der Waals surface area contributed by atoms with Gasteiger partial charge in [-0.15, -0.1) is 0 Å². The zero-order valence-electron chi connectivity index (χ0n) is 11.8. The molecule has 1 aliphatic heterocycles. The highest BCUT2D eigenvalue weighted by Gasteiger charge is 2.28. The lowest BCUT2D eigenvalue weighted by Gasteiger charge is -2.37. The van der Waals surface area contributed by atoms with Gasteiger partial charge in [-0.3, -0.25) is 9.69 Å². The SMILES string of the molecule is CNC1CCCN(C(C)C(=O)NC(C)(C)C)C1. The van der Waals surface area contributed by atoms with E-state index in [1.54, 1.807) is 0 Å². The Balaban J connectivity index is 2.51. The molecule has 2 unspecified atom stereocenters. The minimum absolute atomic E-state index is 0.0367. The number of piperidine rings is 1. The van der Waals surface area contributed by atoms with Crippen molar-refractivity contribution in [2.45, 2.75) is 58.2 Å². The van der Waals surface area contributed by atoms with Crippen molar-refractivity contribution in [2.24, 2.45) is 0 Å². The molecule has 1 aliphatic rings. The first-order valence-electron chi connectivity index (χ1n) is 6.57. The molecule has 4 heteroatoms. The molecule has 1 amide bonds. The number of likely N-dealkylation sites (N-methyl/N-ethyl adjacent to an activating group) is 1. The fraction of sp³-hybridized carbons (Fsp3) is 0.923. The Hall–Kier alpha value is -0.610. The van der Waals surface area contributed by atoms with Gasteiger partial charge in [-0.1, -0.05) is 0 Å². The minimum atomic E-state index is -0.149. The molecule has 2 N–H and O–H groups in total. The predicted octanol–water partition coefficient (Wildman–Crippen LogP) is 0.973. The van der Waals surface area contributed by atoms with Crippen LogP contribution in [0.15, 0.2) is 0 Å². The van der Waals surface area contributed by atoms with E-state index in [9.17, 15) is 4.79 Å². The maximum absolute atomic E-state index is 12.1. The van der Waals surface area contributed by atoms with Gasteiger partial charge >= 0.3 is 0 Å². The zero-order chi connectivity index (χ0) is 13.1. The monoisotopic (exact) mass is 241 g/mol. The van der Waals surface area contributed by atoms with Crippen molar-refractivity contribution in [2.75, 3.05) is 20.1 Å². The molecular formula is C13H27N3O. The molecule has 0 aromatic heterocycles. The molecule has 0 aromatic carbocycles. The van der Waals surface area contributed by atoms with Crippen LogP contribution in [0.5, 0.6) is 0 Å². The molecule has 0 bridgehead atoms. The number of carbonyl (C=O) groups excluding carboxylic acids is 1. The number of carbonyl (C=O) groups is 1. The maximum Gasteiger partial charge on any atom is 0.237 e. The van der Waals surface area contributed by atoms with Crippen LogP contribution >= 0.6 is 0 Å². The number of nitrogens with zero attached hydrogens (tertiary/aromatic N) is 1. The summed E-state index contributed by atoms with van der Waals surface area (Å²) < 4.78 is 0. The number of hydrogen-bond acceptors (Lipinski definition) is 3. The molecule has 0 radical (unpaired) electrons. The average molecular weight is 241 g/mol.